The molecule has 0 fully saturated rings. The highest BCUT2D eigenvalue weighted by Crippen LogP contribution is 2.27. The molecule has 1 N–H and O–H groups in total. The number of hydrogen-bond donors (Lipinski definition) is 1. The van der Waals surface area contributed by atoms with E-state index >= 15 is 0 Å². The predicted octanol–water partition coefficient (Wildman–Crippen LogP) is 3.61. The molecule has 0 aliphatic rings. The van der Waals surface area contributed by atoms with Crippen LogP contribution in [0.15, 0.2) is 83.8 Å². The van der Waals surface area contributed by atoms with Gasteiger partial charge in [-0.25, -0.2) is 8.42 Å². The summed E-state index contributed by atoms with van der Waals surface area (Å²) >= 11 is 6.08. The van der Waals surface area contributed by atoms with E-state index in [0.717, 1.165) is 10.4 Å². The maximum Gasteiger partial charge on any atom is 0.271 e. The van der Waals surface area contributed by atoms with Crippen molar-refractivity contribution < 1.29 is 22.9 Å². The number of nitro benzene ring substituents is 1. The standard InChI is InChI=1S/C25H25ClN4O6S/c1-18(25(32)27-2)28(16-19-8-6-9-20(26)14-19)24(31)17-29(21-10-7-11-22(15-21)30(33)34)37(35,36)23-12-4-3-5-13-23/h3-15,18H,16-17H2,1-2H3,(H,27,32). The van der Waals surface area contributed by atoms with Gasteiger partial charge in [0, 0.05) is 30.7 Å². The molecule has 37 heavy (non-hydrogen) atoms. The van der Waals surface area contributed by atoms with Crippen LogP contribution >= 0.6 is 11.6 Å². The van der Waals surface area contributed by atoms with Crippen LogP contribution in [0.1, 0.15) is 12.5 Å². The maximum atomic E-state index is 13.6. The Bertz CT molecular complexity index is 1400. The topological polar surface area (TPSA) is 130 Å². The Balaban J connectivity index is 2.07. The highest BCUT2D eigenvalue weighted by molar-refractivity contribution is 7.92. The third kappa shape index (κ3) is 6.63. The number of hydrogen-bond acceptors (Lipinski definition) is 6. The molecular weight excluding hydrogens is 520 g/mol. The highest BCUT2D eigenvalue weighted by Gasteiger charge is 2.32. The smallest absolute Gasteiger partial charge is 0.271 e. The van der Waals surface area contributed by atoms with Gasteiger partial charge in [0.15, 0.2) is 0 Å². The predicted molar refractivity (Wildman–Crippen MR) is 140 cm³/mol. The number of sulfonamides is 1. The van der Waals surface area contributed by atoms with Crippen LogP contribution in [-0.4, -0.2) is 49.7 Å². The summed E-state index contributed by atoms with van der Waals surface area (Å²) in [6.45, 7) is 0.785. The summed E-state index contributed by atoms with van der Waals surface area (Å²) in [4.78, 5) is 38.0. The van der Waals surface area contributed by atoms with Gasteiger partial charge in [-0.15, -0.1) is 0 Å². The zero-order chi connectivity index (χ0) is 27.2. The fraction of sp³-hybridized carbons (Fsp3) is 0.200. The second-order valence-electron chi connectivity index (χ2n) is 8.04. The number of nitrogens with one attached hydrogen (secondary N) is 1. The zero-order valence-electron chi connectivity index (χ0n) is 20.1. The van der Waals surface area contributed by atoms with Crippen LogP contribution < -0.4 is 9.62 Å². The molecule has 3 rings (SSSR count). The Morgan fingerprint density at radius 3 is 2.32 bits per heavy atom. The van der Waals surface area contributed by atoms with E-state index in [-0.39, 0.29) is 22.8 Å². The molecule has 10 nitrogen and oxygen atoms in total. The Morgan fingerprint density at radius 1 is 1.03 bits per heavy atom. The number of carbonyl (C=O) groups excluding carboxylic acids is 2. The van der Waals surface area contributed by atoms with Gasteiger partial charge in [-0.1, -0.05) is 48.0 Å². The van der Waals surface area contributed by atoms with Crippen molar-refractivity contribution in [2.45, 2.75) is 24.4 Å². The number of nitrogens with zero attached hydrogens (tertiary/aromatic N) is 3. The van der Waals surface area contributed by atoms with Crippen LogP contribution in [0.25, 0.3) is 0 Å². The van der Waals surface area contributed by atoms with Gasteiger partial charge >= 0.3 is 0 Å². The van der Waals surface area contributed by atoms with Crippen molar-refractivity contribution in [3.63, 3.8) is 0 Å². The number of amides is 2. The first kappa shape index (κ1) is 27.6. The Morgan fingerprint density at radius 2 is 1.70 bits per heavy atom. The number of nitro groups is 1. The summed E-state index contributed by atoms with van der Waals surface area (Å²) in [5.41, 5.74) is 0.221. The molecule has 0 aliphatic carbocycles. The van der Waals surface area contributed by atoms with Crippen molar-refractivity contribution >= 4 is 44.8 Å². The van der Waals surface area contributed by atoms with Crippen molar-refractivity contribution in [2.24, 2.45) is 0 Å². The minimum absolute atomic E-state index is 0.0257. The summed E-state index contributed by atoms with van der Waals surface area (Å²) in [5, 5.41) is 14.3. The van der Waals surface area contributed by atoms with E-state index in [9.17, 15) is 28.1 Å². The van der Waals surface area contributed by atoms with Gasteiger partial charge in [-0.3, -0.25) is 24.0 Å². The largest absolute Gasteiger partial charge is 0.357 e. The van der Waals surface area contributed by atoms with E-state index in [0.29, 0.717) is 10.6 Å². The summed E-state index contributed by atoms with van der Waals surface area (Å²) in [6, 6.07) is 18.2. The summed E-state index contributed by atoms with van der Waals surface area (Å²) in [6.07, 6.45) is 0. The van der Waals surface area contributed by atoms with Crippen LogP contribution in [0.3, 0.4) is 0 Å². The SMILES string of the molecule is CNC(=O)C(C)N(Cc1cccc(Cl)c1)C(=O)CN(c1cccc([N+](=O)[O-])c1)S(=O)(=O)c1ccccc1. The van der Waals surface area contributed by atoms with Crippen LogP contribution in [0.2, 0.25) is 5.02 Å². The lowest BCUT2D eigenvalue weighted by Crippen LogP contribution is -2.50. The molecule has 0 aliphatic heterocycles. The van der Waals surface area contributed by atoms with Gasteiger partial charge in [0.2, 0.25) is 11.8 Å². The number of likely N-dealkylation sites (N-methyl/N-ethyl adjacent to an activating group) is 1. The van der Waals surface area contributed by atoms with Gasteiger partial charge in [-0.05, 0) is 42.8 Å². The molecular formula is C25H25ClN4O6S. The molecule has 0 spiro atoms. The minimum atomic E-state index is -4.31. The van der Waals surface area contributed by atoms with Crippen molar-refractivity contribution in [1.82, 2.24) is 10.2 Å². The van der Waals surface area contributed by atoms with E-state index in [2.05, 4.69) is 5.32 Å². The summed E-state index contributed by atoms with van der Waals surface area (Å²) < 4.78 is 28.1. The number of rotatable bonds is 10. The Hall–Kier alpha value is -3.96. The van der Waals surface area contributed by atoms with Gasteiger partial charge < -0.3 is 10.2 Å². The van der Waals surface area contributed by atoms with Gasteiger partial charge in [0.05, 0.1) is 15.5 Å². The van der Waals surface area contributed by atoms with Crippen molar-refractivity contribution in [1.29, 1.82) is 0 Å². The molecule has 0 aromatic heterocycles. The summed E-state index contributed by atoms with van der Waals surface area (Å²) in [7, 11) is -2.89. The quantitative estimate of drug-likeness (QED) is 0.306. The van der Waals surface area contributed by atoms with Crippen LogP contribution in [-0.2, 0) is 26.2 Å². The fourth-order valence-corrected chi connectivity index (χ4v) is 5.27. The van der Waals surface area contributed by atoms with Gasteiger partial charge in [0.25, 0.3) is 15.7 Å². The number of anilines is 1. The van der Waals surface area contributed by atoms with E-state index in [1.54, 1.807) is 30.3 Å². The molecule has 0 heterocycles. The molecule has 1 atom stereocenters. The molecule has 1 unspecified atom stereocenters. The average molecular weight is 545 g/mol. The fourth-order valence-electron chi connectivity index (χ4n) is 3.63. The van der Waals surface area contributed by atoms with E-state index in [4.69, 9.17) is 11.6 Å². The lowest BCUT2D eigenvalue weighted by molar-refractivity contribution is -0.384. The molecule has 2 amide bonds. The average Bonchev–Trinajstić information content (AvgIpc) is 2.89. The monoisotopic (exact) mass is 544 g/mol. The first-order valence-corrected chi connectivity index (χ1v) is 12.9. The molecule has 0 saturated carbocycles. The van der Waals surface area contributed by atoms with Crippen LogP contribution in [0, 0.1) is 10.1 Å². The van der Waals surface area contributed by atoms with Crippen LogP contribution in [0.5, 0.6) is 0 Å². The highest BCUT2D eigenvalue weighted by atomic mass is 35.5. The molecule has 0 saturated heterocycles. The second kappa shape index (κ2) is 11.8. The number of benzene rings is 3. The number of non-ortho nitro benzene ring substituents is 1. The normalized spacial score (nSPS) is 11.9. The minimum Gasteiger partial charge on any atom is -0.357 e. The number of halogens is 1. The molecule has 0 radical (unpaired) electrons. The second-order valence-corrected chi connectivity index (χ2v) is 10.3. The first-order chi connectivity index (χ1) is 17.5. The van der Waals surface area contributed by atoms with Gasteiger partial charge in [-0.2, -0.15) is 0 Å². The van der Waals surface area contributed by atoms with Gasteiger partial charge in [0.1, 0.15) is 12.6 Å². The first-order valence-electron chi connectivity index (χ1n) is 11.1. The molecule has 194 valence electrons. The third-order valence-corrected chi connectivity index (χ3v) is 7.62. The Labute approximate surface area is 219 Å². The molecule has 0 bridgehead atoms. The van der Waals surface area contributed by atoms with Crippen LogP contribution in [0.4, 0.5) is 11.4 Å². The lowest BCUT2D eigenvalue weighted by Gasteiger charge is -2.31. The van der Waals surface area contributed by atoms with Crippen molar-refractivity contribution in [3.8, 4) is 0 Å². The Kier molecular flexibility index (Phi) is 8.85. The van der Waals surface area contributed by atoms with Crippen molar-refractivity contribution in [2.75, 3.05) is 17.9 Å². The number of carbonyl (C=O) groups is 2. The third-order valence-electron chi connectivity index (χ3n) is 5.59. The maximum absolute atomic E-state index is 13.6. The molecule has 3 aromatic carbocycles. The van der Waals surface area contributed by atoms with Crippen molar-refractivity contribution in [3.05, 3.63) is 99.6 Å². The molecule has 12 heteroatoms. The van der Waals surface area contributed by atoms with E-state index in [1.807, 2.05) is 0 Å². The van der Waals surface area contributed by atoms with E-state index in [1.165, 1.54) is 61.3 Å². The summed E-state index contributed by atoms with van der Waals surface area (Å²) in [5.74, 6) is -1.15. The zero-order valence-corrected chi connectivity index (χ0v) is 21.6. The van der Waals surface area contributed by atoms with E-state index < -0.39 is 39.3 Å². The molecule has 3 aromatic rings. The lowest BCUT2D eigenvalue weighted by atomic mass is 10.1.